The van der Waals surface area contributed by atoms with Crippen LogP contribution in [0.4, 0.5) is 0 Å². The van der Waals surface area contributed by atoms with E-state index in [0.29, 0.717) is 43.6 Å². The quantitative estimate of drug-likeness (QED) is 0.286. The number of aromatic nitrogens is 2. The zero-order valence-corrected chi connectivity index (χ0v) is 31.6. The number of aliphatic hydroxyl groups is 1. The van der Waals surface area contributed by atoms with Crippen molar-refractivity contribution in [3.63, 3.8) is 0 Å². The lowest BCUT2D eigenvalue weighted by Crippen LogP contribution is -2.62. The van der Waals surface area contributed by atoms with Crippen molar-refractivity contribution >= 4 is 27.6 Å². The molecule has 9 heteroatoms. The van der Waals surface area contributed by atoms with E-state index in [1.54, 1.807) is 20.3 Å². The number of ether oxygens (including phenoxy) is 3. The lowest BCUT2D eigenvalue weighted by molar-refractivity contribution is -0.289. The van der Waals surface area contributed by atoms with Crippen molar-refractivity contribution < 1.29 is 24.1 Å². The summed E-state index contributed by atoms with van der Waals surface area (Å²) in [6.45, 7) is 4.79. The zero-order valence-electron chi connectivity index (χ0n) is 31.6. The molecule has 10 rings (SSSR count). The van der Waals surface area contributed by atoms with Crippen LogP contribution in [0.3, 0.4) is 0 Å². The Bertz CT molecular complexity index is 2180. The summed E-state index contributed by atoms with van der Waals surface area (Å²) >= 11 is 0. The van der Waals surface area contributed by atoms with Crippen LogP contribution in [0.25, 0.3) is 21.8 Å². The Hall–Kier alpha value is -3.63. The minimum absolute atomic E-state index is 0.0884. The smallest absolute Gasteiger partial charge is 0.166 e. The third kappa shape index (κ3) is 4.39. The van der Waals surface area contributed by atoms with Crippen LogP contribution in [0.15, 0.2) is 48.2 Å². The third-order valence-electron chi connectivity index (χ3n) is 15.0. The summed E-state index contributed by atoms with van der Waals surface area (Å²) in [5.74, 6) is 0.777. The number of Topliss-reactive ketones (excluding diaryl/α,β-unsaturated/α-hetero) is 1. The number of allylic oxidation sites excluding steroid dienone is 1. The molecule has 3 fully saturated rings. The van der Waals surface area contributed by atoms with Gasteiger partial charge in [0.2, 0.25) is 0 Å². The standard InChI is InChI=1S/C43H52N4O5/c1-22(48)30-19-51-20-31-25(30)14-38-42-29(17-35(31)44(38)3)27-12-23(40(50-7)18-37(27)47(42)6)13-33-26-15-39-41-28(24-10-8-9-11-34(24)46(41)5)16-36(45(39)4)32(26)21-52-43(33,2)49/h8-12,18-19,25-26,31-33,35-36,38-39,49H,13-17,20-21H2,1-7H3/t25-,26+,31+,32+,33?,35-,36-,38-,39-,43?/m0/s1. The van der Waals surface area contributed by atoms with Crippen LogP contribution in [-0.2, 0) is 47.6 Å². The van der Waals surface area contributed by atoms with Gasteiger partial charge >= 0.3 is 0 Å². The fourth-order valence-electron chi connectivity index (χ4n) is 12.5. The number of nitrogens with zero attached hydrogens (tertiary/aromatic N) is 4. The monoisotopic (exact) mass is 704 g/mol. The Balaban J connectivity index is 1.04. The van der Waals surface area contributed by atoms with Crippen LogP contribution in [0.5, 0.6) is 5.75 Å². The van der Waals surface area contributed by atoms with E-state index in [0.717, 1.165) is 42.6 Å². The van der Waals surface area contributed by atoms with Gasteiger partial charge < -0.3 is 28.5 Å². The zero-order chi connectivity index (χ0) is 36.0. The Labute approximate surface area is 306 Å². The Morgan fingerprint density at radius 1 is 0.885 bits per heavy atom. The number of para-hydroxylation sites is 1. The van der Waals surface area contributed by atoms with Crippen LogP contribution in [0, 0.1) is 29.6 Å². The van der Waals surface area contributed by atoms with Gasteiger partial charge in [-0.15, -0.1) is 0 Å². The van der Waals surface area contributed by atoms with E-state index in [1.165, 1.54) is 44.3 Å². The first kappa shape index (κ1) is 33.0. The van der Waals surface area contributed by atoms with E-state index in [4.69, 9.17) is 14.2 Å². The minimum atomic E-state index is -1.25. The van der Waals surface area contributed by atoms with E-state index in [2.05, 4.69) is 83.5 Å². The van der Waals surface area contributed by atoms with Gasteiger partial charge in [-0.1, -0.05) is 18.2 Å². The second-order valence-corrected chi connectivity index (χ2v) is 17.2. The summed E-state index contributed by atoms with van der Waals surface area (Å²) in [4.78, 5) is 17.8. The number of hydrogen-bond acceptors (Lipinski definition) is 7. The first-order valence-electron chi connectivity index (χ1n) is 19.4. The number of fused-ring (bicyclic) bond motifs is 16. The highest BCUT2D eigenvalue weighted by Gasteiger charge is 2.56. The maximum atomic E-state index is 12.7. The molecule has 10 atom stereocenters. The molecule has 2 unspecified atom stereocenters. The molecule has 1 N–H and O–H groups in total. The van der Waals surface area contributed by atoms with Crippen molar-refractivity contribution in [2.45, 2.75) is 75.9 Å². The van der Waals surface area contributed by atoms with Crippen LogP contribution in [0.2, 0.25) is 0 Å². The lowest BCUT2D eigenvalue weighted by atomic mass is 9.62. The maximum Gasteiger partial charge on any atom is 0.166 e. The van der Waals surface area contributed by atoms with Gasteiger partial charge in [-0.25, -0.2) is 0 Å². The SMILES string of the molecule is COc1cc2c(cc1CC1[C@@H]3C[C@H]4c5c(c6ccccc6n5C)C[C@@H]([C@@H]3COC1(C)O)N4C)c1c(n2C)[C@@H]2C[C@H]3C(C(C)=O)=COC[C@H]3[C@H](C1)N2C. The number of likely N-dealkylation sites (N-methyl/N-ethyl adjacent to an activating group) is 2. The number of aryl methyl sites for hydroxylation is 2. The molecule has 4 bridgehead atoms. The van der Waals surface area contributed by atoms with Crippen LogP contribution in [-0.4, -0.2) is 82.1 Å². The van der Waals surface area contributed by atoms with Gasteiger partial charge in [0.25, 0.3) is 0 Å². The summed E-state index contributed by atoms with van der Waals surface area (Å²) in [7, 11) is 10.7. The highest BCUT2D eigenvalue weighted by Crippen LogP contribution is 2.56. The van der Waals surface area contributed by atoms with Gasteiger partial charge in [0.05, 0.1) is 44.2 Å². The predicted octanol–water partition coefficient (Wildman–Crippen LogP) is 5.85. The Morgan fingerprint density at radius 2 is 1.56 bits per heavy atom. The predicted molar refractivity (Wildman–Crippen MR) is 200 cm³/mol. The van der Waals surface area contributed by atoms with E-state index in [1.807, 2.05) is 6.92 Å². The van der Waals surface area contributed by atoms with Gasteiger partial charge in [-0.05, 0) is 101 Å². The molecule has 2 aromatic carbocycles. The number of carbonyl (C=O) groups is 1. The molecular formula is C43H52N4O5. The fraction of sp³-hybridized carbons (Fsp3) is 0.558. The average Bonchev–Trinajstić information content (AvgIpc) is 3.55. The van der Waals surface area contributed by atoms with Crippen molar-refractivity contribution in [3.05, 3.63) is 76.3 Å². The lowest BCUT2D eigenvalue weighted by Gasteiger charge is -2.58. The average molecular weight is 705 g/mol. The Kier molecular flexibility index (Phi) is 7.25. The normalized spacial score (nSPS) is 35.3. The molecule has 0 amide bonds. The molecule has 0 radical (unpaired) electrons. The largest absolute Gasteiger partial charge is 0.500 e. The number of piperidine rings is 2. The molecule has 6 aliphatic heterocycles. The highest BCUT2D eigenvalue weighted by molar-refractivity contribution is 5.94. The molecule has 52 heavy (non-hydrogen) atoms. The molecule has 6 aliphatic rings. The van der Waals surface area contributed by atoms with Crippen molar-refractivity contribution in [1.29, 1.82) is 0 Å². The Morgan fingerprint density at radius 3 is 2.29 bits per heavy atom. The van der Waals surface area contributed by atoms with E-state index in [-0.39, 0.29) is 35.6 Å². The first-order valence-corrected chi connectivity index (χ1v) is 19.4. The van der Waals surface area contributed by atoms with E-state index in [9.17, 15) is 9.90 Å². The van der Waals surface area contributed by atoms with Crippen molar-refractivity contribution in [3.8, 4) is 5.75 Å². The molecule has 9 nitrogen and oxygen atoms in total. The molecule has 4 aromatic rings. The van der Waals surface area contributed by atoms with Gasteiger partial charge in [-0.3, -0.25) is 14.6 Å². The highest BCUT2D eigenvalue weighted by atomic mass is 16.6. The molecule has 274 valence electrons. The second-order valence-electron chi connectivity index (χ2n) is 17.2. The van der Waals surface area contributed by atoms with Gasteiger partial charge in [0.15, 0.2) is 11.6 Å². The van der Waals surface area contributed by atoms with Crippen LogP contribution >= 0.6 is 0 Å². The van der Waals surface area contributed by atoms with Gasteiger partial charge in [-0.2, -0.15) is 0 Å². The number of carbonyl (C=O) groups excluding carboxylic acids is 1. The van der Waals surface area contributed by atoms with Gasteiger partial charge in [0.1, 0.15) is 5.75 Å². The molecule has 0 spiro atoms. The fourth-order valence-corrected chi connectivity index (χ4v) is 12.5. The van der Waals surface area contributed by atoms with E-state index < -0.39 is 5.79 Å². The van der Waals surface area contributed by atoms with Crippen LogP contribution in [0.1, 0.15) is 66.9 Å². The van der Waals surface area contributed by atoms with Gasteiger partial charge in [0, 0.05) is 83.2 Å². The first-order chi connectivity index (χ1) is 25.0. The molecule has 0 aliphatic carbocycles. The molecule has 0 saturated carbocycles. The summed E-state index contributed by atoms with van der Waals surface area (Å²) in [5.41, 5.74) is 10.2. The molecular weight excluding hydrogens is 652 g/mol. The summed E-state index contributed by atoms with van der Waals surface area (Å²) < 4.78 is 23.4. The number of hydrogen-bond donors (Lipinski definition) is 1. The summed E-state index contributed by atoms with van der Waals surface area (Å²) in [6.07, 6.45) is 6.23. The summed E-state index contributed by atoms with van der Waals surface area (Å²) in [5, 5.41) is 14.7. The van der Waals surface area contributed by atoms with Crippen LogP contribution < -0.4 is 4.74 Å². The number of methoxy groups -OCH3 is 1. The molecule has 3 saturated heterocycles. The third-order valence-corrected chi connectivity index (χ3v) is 15.0. The van der Waals surface area contributed by atoms with Crippen molar-refractivity contribution in [1.82, 2.24) is 18.9 Å². The minimum Gasteiger partial charge on any atom is -0.500 e. The molecule has 2 aromatic heterocycles. The summed E-state index contributed by atoms with van der Waals surface area (Å²) in [6, 6.07) is 14.6. The van der Waals surface area contributed by atoms with Crippen molar-refractivity contribution in [2.24, 2.45) is 43.7 Å². The number of rotatable bonds is 4. The topological polar surface area (TPSA) is 81.3 Å². The van der Waals surface area contributed by atoms with E-state index >= 15 is 0 Å². The molecule has 8 heterocycles. The maximum absolute atomic E-state index is 12.7. The van der Waals surface area contributed by atoms with Crippen molar-refractivity contribution in [2.75, 3.05) is 34.4 Å². The second kappa shape index (κ2) is 11.4. The number of ketones is 1. The number of benzene rings is 2.